The van der Waals surface area contributed by atoms with Gasteiger partial charge in [-0.15, -0.1) is 0 Å². The van der Waals surface area contributed by atoms with Crippen molar-refractivity contribution in [2.24, 2.45) is 5.92 Å². The van der Waals surface area contributed by atoms with Crippen molar-refractivity contribution >= 4 is 11.7 Å². The Balaban J connectivity index is 1.67. The lowest BCUT2D eigenvalue weighted by Gasteiger charge is -2.31. The molecule has 0 aromatic carbocycles. The number of rotatable bonds is 6. The van der Waals surface area contributed by atoms with Crippen LogP contribution in [-0.2, 0) is 0 Å². The van der Waals surface area contributed by atoms with Gasteiger partial charge in [0.25, 0.3) is 0 Å². The second-order valence-electron chi connectivity index (χ2n) is 7.05. The smallest absolute Gasteiger partial charge is 0.316 e. The number of piperidine rings is 1. The van der Waals surface area contributed by atoms with E-state index < -0.39 is 0 Å². The molecule has 26 heavy (non-hydrogen) atoms. The molecule has 0 radical (unpaired) electrons. The summed E-state index contributed by atoms with van der Waals surface area (Å²) in [6.07, 6.45) is 4.09. The lowest BCUT2D eigenvalue weighted by Crippen LogP contribution is -2.33. The van der Waals surface area contributed by atoms with Gasteiger partial charge in [0.2, 0.25) is 5.82 Å². The van der Waals surface area contributed by atoms with Gasteiger partial charge in [0.1, 0.15) is 5.82 Å². The third kappa shape index (κ3) is 4.57. The van der Waals surface area contributed by atoms with Gasteiger partial charge in [0, 0.05) is 37.9 Å². The van der Waals surface area contributed by atoms with E-state index in [1.165, 1.54) is 12.8 Å². The van der Waals surface area contributed by atoms with E-state index in [1.54, 1.807) is 6.20 Å². The van der Waals surface area contributed by atoms with Crippen molar-refractivity contribution in [1.29, 1.82) is 0 Å². The zero-order chi connectivity index (χ0) is 18.5. The average molecular weight is 358 g/mol. The zero-order valence-corrected chi connectivity index (χ0v) is 15.6. The SMILES string of the molecule is CC1CCN(c2cc(-c3noc(C(=O)NCCN(C)C)n3)ccn2)CC1. The molecule has 0 aliphatic carbocycles. The molecule has 8 nitrogen and oxygen atoms in total. The summed E-state index contributed by atoms with van der Waals surface area (Å²) in [7, 11) is 3.89. The van der Waals surface area contributed by atoms with E-state index in [9.17, 15) is 4.79 Å². The number of aromatic nitrogens is 3. The van der Waals surface area contributed by atoms with Gasteiger partial charge < -0.3 is 19.6 Å². The highest BCUT2D eigenvalue weighted by atomic mass is 16.5. The van der Waals surface area contributed by atoms with Crippen molar-refractivity contribution < 1.29 is 9.32 Å². The van der Waals surface area contributed by atoms with Crippen molar-refractivity contribution in [2.75, 3.05) is 45.2 Å². The van der Waals surface area contributed by atoms with E-state index in [-0.39, 0.29) is 11.8 Å². The summed E-state index contributed by atoms with van der Waals surface area (Å²) in [4.78, 5) is 25.0. The van der Waals surface area contributed by atoms with Crippen molar-refractivity contribution in [3.63, 3.8) is 0 Å². The Bertz CT molecular complexity index is 737. The van der Waals surface area contributed by atoms with Crippen LogP contribution < -0.4 is 10.2 Å². The number of anilines is 1. The molecule has 140 valence electrons. The molecule has 1 aliphatic rings. The normalized spacial score (nSPS) is 15.5. The quantitative estimate of drug-likeness (QED) is 0.840. The lowest BCUT2D eigenvalue weighted by atomic mass is 9.99. The number of hydrogen-bond donors (Lipinski definition) is 1. The van der Waals surface area contributed by atoms with Gasteiger partial charge in [0.05, 0.1) is 0 Å². The largest absolute Gasteiger partial charge is 0.357 e. The summed E-state index contributed by atoms with van der Waals surface area (Å²) < 4.78 is 5.12. The third-order valence-electron chi connectivity index (χ3n) is 4.58. The van der Waals surface area contributed by atoms with Crippen LogP contribution in [0.15, 0.2) is 22.9 Å². The van der Waals surface area contributed by atoms with Crippen LogP contribution in [0.5, 0.6) is 0 Å². The van der Waals surface area contributed by atoms with Crippen molar-refractivity contribution in [2.45, 2.75) is 19.8 Å². The maximum Gasteiger partial charge on any atom is 0.316 e. The van der Waals surface area contributed by atoms with Gasteiger partial charge in [-0.05, 0) is 45.0 Å². The highest BCUT2D eigenvalue weighted by Gasteiger charge is 2.19. The molecule has 0 unspecified atom stereocenters. The van der Waals surface area contributed by atoms with Crippen LogP contribution in [0.2, 0.25) is 0 Å². The molecule has 1 aliphatic heterocycles. The number of pyridine rings is 1. The molecule has 1 saturated heterocycles. The van der Waals surface area contributed by atoms with Crippen LogP contribution in [0.1, 0.15) is 30.5 Å². The fraction of sp³-hybridized carbons (Fsp3) is 0.556. The summed E-state index contributed by atoms with van der Waals surface area (Å²) in [6.45, 7) is 5.56. The molecule has 0 bridgehead atoms. The van der Waals surface area contributed by atoms with Gasteiger partial charge in [-0.2, -0.15) is 4.98 Å². The van der Waals surface area contributed by atoms with Crippen LogP contribution in [0.25, 0.3) is 11.4 Å². The minimum atomic E-state index is -0.357. The third-order valence-corrected chi connectivity index (χ3v) is 4.58. The number of hydrogen-bond acceptors (Lipinski definition) is 7. The second-order valence-corrected chi connectivity index (χ2v) is 7.05. The van der Waals surface area contributed by atoms with Crippen molar-refractivity contribution in [3.05, 3.63) is 24.2 Å². The number of carbonyl (C=O) groups excluding carboxylic acids is 1. The van der Waals surface area contributed by atoms with Gasteiger partial charge in [0.15, 0.2) is 0 Å². The molecule has 2 aromatic heterocycles. The van der Waals surface area contributed by atoms with Crippen LogP contribution in [0, 0.1) is 5.92 Å². The van der Waals surface area contributed by atoms with E-state index in [2.05, 4.69) is 32.3 Å². The van der Waals surface area contributed by atoms with E-state index >= 15 is 0 Å². The molecular weight excluding hydrogens is 332 g/mol. The Morgan fingerprint density at radius 2 is 2.15 bits per heavy atom. The first-order chi connectivity index (χ1) is 12.5. The Morgan fingerprint density at radius 3 is 2.88 bits per heavy atom. The highest BCUT2D eigenvalue weighted by Crippen LogP contribution is 2.24. The Hall–Kier alpha value is -2.48. The summed E-state index contributed by atoms with van der Waals surface area (Å²) in [5.41, 5.74) is 0.796. The molecule has 0 atom stereocenters. The van der Waals surface area contributed by atoms with Gasteiger partial charge in [-0.1, -0.05) is 12.1 Å². The lowest BCUT2D eigenvalue weighted by molar-refractivity contribution is 0.0907. The van der Waals surface area contributed by atoms with Crippen LogP contribution in [0.3, 0.4) is 0 Å². The minimum absolute atomic E-state index is 0.0242. The van der Waals surface area contributed by atoms with Crippen molar-refractivity contribution in [3.8, 4) is 11.4 Å². The molecule has 0 saturated carbocycles. The fourth-order valence-corrected chi connectivity index (χ4v) is 2.87. The maximum atomic E-state index is 12.1. The molecule has 1 fully saturated rings. The average Bonchev–Trinajstić information content (AvgIpc) is 3.12. The summed E-state index contributed by atoms with van der Waals surface area (Å²) in [5.74, 6) is 1.70. The van der Waals surface area contributed by atoms with E-state index in [0.29, 0.717) is 12.4 Å². The molecule has 8 heteroatoms. The molecular formula is C18H26N6O2. The van der Waals surface area contributed by atoms with Crippen molar-refractivity contribution in [1.82, 2.24) is 25.3 Å². The molecule has 3 heterocycles. The topological polar surface area (TPSA) is 87.4 Å². The number of carbonyl (C=O) groups is 1. The Kier molecular flexibility index (Phi) is 5.82. The standard InChI is InChI=1S/C18H26N6O2/c1-13-5-9-24(10-6-13)15-12-14(4-7-19-15)16-21-18(26-22-16)17(25)20-8-11-23(2)3/h4,7,12-13H,5-6,8-11H2,1-3H3,(H,20,25). The Labute approximate surface area is 153 Å². The minimum Gasteiger partial charge on any atom is -0.357 e. The predicted octanol–water partition coefficient (Wildman–Crippen LogP) is 1.66. The first-order valence-electron chi connectivity index (χ1n) is 9.01. The first-order valence-corrected chi connectivity index (χ1v) is 9.01. The summed E-state index contributed by atoms with van der Waals surface area (Å²) in [5, 5.41) is 6.71. The monoisotopic (exact) mass is 358 g/mol. The predicted molar refractivity (Wildman–Crippen MR) is 99.0 cm³/mol. The molecule has 1 amide bonds. The van der Waals surface area contributed by atoms with Gasteiger partial charge in [-0.3, -0.25) is 4.79 Å². The molecule has 0 spiro atoms. The Morgan fingerprint density at radius 1 is 1.38 bits per heavy atom. The van der Waals surface area contributed by atoms with Crippen LogP contribution in [0.4, 0.5) is 5.82 Å². The molecule has 3 rings (SSSR count). The number of nitrogens with one attached hydrogen (secondary N) is 1. The number of likely N-dealkylation sites (N-methyl/N-ethyl adjacent to an activating group) is 1. The molecule has 2 aromatic rings. The summed E-state index contributed by atoms with van der Waals surface area (Å²) >= 11 is 0. The number of amides is 1. The number of nitrogens with zero attached hydrogens (tertiary/aromatic N) is 5. The highest BCUT2D eigenvalue weighted by molar-refractivity contribution is 5.89. The van der Waals surface area contributed by atoms with Crippen LogP contribution >= 0.6 is 0 Å². The van der Waals surface area contributed by atoms with E-state index in [0.717, 1.165) is 36.9 Å². The maximum absolute atomic E-state index is 12.1. The van der Waals surface area contributed by atoms with Gasteiger partial charge in [-0.25, -0.2) is 4.98 Å². The van der Waals surface area contributed by atoms with Gasteiger partial charge >= 0.3 is 11.8 Å². The van der Waals surface area contributed by atoms with Crippen LogP contribution in [-0.4, -0.2) is 66.2 Å². The fourth-order valence-electron chi connectivity index (χ4n) is 2.87. The zero-order valence-electron chi connectivity index (χ0n) is 15.6. The van der Waals surface area contributed by atoms with E-state index in [1.807, 2.05) is 31.1 Å². The first kappa shape index (κ1) is 18.3. The van der Waals surface area contributed by atoms with E-state index in [4.69, 9.17) is 4.52 Å². The molecule has 1 N–H and O–H groups in total. The second kappa shape index (κ2) is 8.27. The summed E-state index contributed by atoms with van der Waals surface area (Å²) in [6, 6.07) is 3.78.